The molecule has 0 radical (unpaired) electrons. The molecule has 0 aliphatic heterocycles. The van der Waals surface area contributed by atoms with Crippen molar-refractivity contribution in [2.75, 3.05) is 27.4 Å². The van der Waals surface area contributed by atoms with Gasteiger partial charge < -0.3 is 14.2 Å². The van der Waals surface area contributed by atoms with E-state index in [0.29, 0.717) is 25.5 Å². The first-order chi connectivity index (χ1) is 15.2. The van der Waals surface area contributed by atoms with E-state index >= 15 is 0 Å². The van der Waals surface area contributed by atoms with Crippen molar-refractivity contribution in [2.24, 2.45) is 0 Å². The topological polar surface area (TPSA) is 75.5 Å². The molecular weight excluding hydrogens is 394 g/mol. The molecule has 31 heavy (non-hydrogen) atoms. The van der Waals surface area contributed by atoms with Gasteiger partial charge in [0.1, 0.15) is 12.4 Å². The second kappa shape index (κ2) is 14.6. The summed E-state index contributed by atoms with van der Waals surface area (Å²) >= 11 is 0. The van der Waals surface area contributed by atoms with Gasteiger partial charge in [-0.1, -0.05) is 58.3 Å². The molecule has 172 valence electrons. The smallest absolute Gasteiger partial charge is 0.336 e. The number of ether oxygens (including phenoxy) is 3. The predicted molar refractivity (Wildman–Crippen MR) is 122 cm³/mol. The van der Waals surface area contributed by atoms with Gasteiger partial charge in [-0.25, -0.2) is 0 Å². The summed E-state index contributed by atoms with van der Waals surface area (Å²) in [4.78, 5) is 17.3. The van der Waals surface area contributed by atoms with Crippen LogP contribution in [0.3, 0.4) is 0 Å². The molecule has 1 aromatic carbocycles. The average molecular weight is 432 g/mol. The lowest BCUT2D eigenvalue weighted by Gasteiger charge is -2.06. The summed E-state index contributed by atoms with van der Waals surface area (Å²) in [6.07, 6.45) is 11.3. The van der Waals surface area contributed by atoms with Gasteiger partial charge in [-0.05, 0) is 30.7 Å². The van der Waals surface area contributed by atoms with Crippen molar-refractivity contribution in [2.45, 2.75) is 71.1 Å². The molecule has 0 atom stereocenters. The van der Waals surface area contributed by atoms with E-state index in [-0.39, 0.29) is 11.9 Å². The first kappa shape index (κ1) is 24.9. The number of hydrogen-bond acceptors (Lipinski definition) is 6. The van der Waals surface area contributed by atoms with E-state index in [9.17, 15) is 4.79 Å². The van der Waals surface area contributed by atoms with Crippen molar-refractivity contribution in [3.05, 3.63) is 24.3 Å². The quantitative estimate of drug-likeness (QED) is 0.325. The first-order valence-corrected chi connectivity index (χ1v) is 11.5. The van der Waals surface area contributed by atoms with Crippen LogP contribution in [0.25, 0.3) is 11.4 Å². The second-order valence-electron chi connectivity index (χ2n) is 7.67. The number of aromatic nitrogens is 3. The zero-order chi connectivity index (χ0) is 22.3. The number of carbonyl (C=O) groups is 1. The number of benzene rings is 1. The fraction of sp³-hybridized carbons (Fsp3) is 0.625. The monoisotopic (exact) mass is 431 g/mol. The molecule has 1 aromatic heterocycles. The number of hydrogen-bond donors (Lipinski definition) is 0. The Morgan fingerprint density at radius 1 is 0.903 bits per heavy atom. The van der Waals surface area contributed by atoms with Crippen molar-refractivity contribution in [3.8, 4) is 23.1 Å². The van der Waals surface area contributed by atoms with Crippen LogP contribution in [-0.2, 0) is 4.74 Å². The highest BCUT2D eigenvalue weighted by atomic mass is 16.5. The van der Waals surface area contributed by atoms with Crippen molar-refractivity contribution < 1.29 is 19.0 Å². The van der Waals surface area contributed by atoms with Crippen LogP contribution >= 0.6 is 0 Å². The molecule has 0 saturated carbocycles. The highest BCUT2D eigenvalue weighted by Gasteiger charge is 2.18. The van der Waals surface area contributed by atoms with Gasteiger partial charge >= 0.3 is 6.01 Å². The van der Waals surface area contributed by atoms with E-state index in [4.69, 9.17) is 14.2 Å². The molecule has 0 spiro atoms. The molecule has 1 heterocycles. The minimum atomic E-state index is -0.0668. The Hall–Kier alpha value is -2.41. The lowest BCUT2D eigenvalue weighted by atomic mass is 10.1. The standard InChI is InChI=1S/C24H37N3O4/c1-4-5-6-7-8-9-10-11-12-13-22(28)27-23(20-14-16-21(30-3)17-15-20)25-24(26-27)31-19-18-29-2/h14-17H,4-13,18-19H2,1-3H3. The van der Waals surface area contributed by atoms with Crippen LogP contribution in [0.1, 0.15) is 75.9 Å². The van der Waals surface area contributed by atoms with Crippen molar-refractivity contribution >= 4 is 5.91 Å². The number of rotatable bonds is 16. The largest absolute Gasteiger partial charge is 0.497 e. The van der Waals surface area contributed by atoms with E-state index in [1.807, 2.05) is 24.3 Å². The van der Waals surface area contributed by atoms with Gasteiger partial charge in [0.05, 0.1) is 13.7 Å². The van der Waals surface area contributed by atoms with E-state index in [1.165, 1.54) is 49.6 Å². The van der Waals surface area contributed by atoms with E-state index in [2.05, 4.69) is 17.0 Å². The molecule has 0 saturated heterocycles. The molecule has 0 bridgehead atoms. The normalized spacial score (nSPS) is 10.9. The molecule has 0 fully saturated rings. The Morgan fingerprint density at radius 2 is 1.55 bits per heavy atom. The Morgan fingerprint density at radius 3 is 2.16 bits per heavy atom. The number of methoxy groups -OCH3 is 2. The maximum atomic E-state index is 12.9. The molecule has 2 rings (SSSR count). The van der Waals surface area contributed by atoms with Crippen LogP contribution in [0.2, 0.25) is 0 Å². The number of carbonyl (C=O) groups excluding carboxylic acids is 1. The van der Waals surface area contributed by atoms with Crippen molar-refractivity contribution in [1.82, 2.24) is 14.8 Å². The van der Waals surface area contributed by atoms with Crippen molar-refractivity contribution in [3.63, 3.8) is 0 Å². The first-order valence-electron chi connectivity index (χ1n) is 11.5. The van der Waals surface area contributed by atoms with E-state index in [1.54, 1.807) is 14.2 Å². The summed E-state index contributed by atoms with van der Waals surface area (Å²) in [6, 6.07) is 7.59. The summed E-state index contributed by atoms with van der Waals surface area (Å²) in [7, 11) is 3.22. The van der Waals surface area contributed by atoms with Gasteiger partial charge in [-0.3, -0.25) is 4.79 Å². The van der Waals surface area contributed by atoms with Gasteiger partial charge in [0.25, 0.3) is 0 Å². The molecule has 0 aliphatic carbocycles. The molecule has 7 heteroatoms. The maximum Gasteiger partial charge on any atom is 0.336 e. The molecule has 2 aromatic rings. The average Bonchev–Trinajstić information content (AvgIpc) is 3.22. The molecule has 0 aliphatic rings. The lowest BCUT2D eigenvalue weighted by Crippen LogP contribution is -2.14. The molecule has 0 N–H and O–H groups in total. The second-order valence-corrected chi connectivity index (χ2v) is 7.67. The predicted octanol–water partition coefficient (Wildman–Crippen LogP) is 5.54. The fourth-order valence-corrected chi connectivity index (χ4v) is 3.36. The third kappa shape index (κ3) is 8.69. The summed E-state index contributed by atoms with van der Waals surface area (Å²) in [5, 5.41) is 4.30. The minimum absolute atomic E-state index is 0.0668. The number of unbranched alkanes of at least 4 members (excludes halogenated alkanes) is 8. The lowest BCUT2D eigenvalue weighted by molar-refractivity contribution is 0.0881. The van der Waals surface area contributed by atoms with Crippen LogP contribution in [0.5, 0.6) is 11.8 Å². The van der Waals surface area contributed by atoms with Crippen molar-refractivity contribution in [1.29, 1.82) is 0 Å². The maximum absolute atomic E-state index is 12.9. The zero-order valence-corrected chi connectivity index (χ0v) is 19.3. The number of nitrogens with zero attached hydrogens (tertiary/aromatic N) is 3. The minimum Gasteiger partial charge on any atom is -0.497 e. The van der Waals surface area contributed by atoms with Gasteiger partial charge in [0.2, 0.25) is 5.91 Å². The SMILES string of the molecule is CCCCCCCCCCCC(=O)n1nc(OCCOC)nc1-c1ccc(OC)cc1. The summed E-state index contributed by atoms with van der Waals surface area (Å²) in [6.45, 7) is 2.99. The van der Waals surface area contributed by atoms with Crippen LogP contribution < -0.4 is 9.47 Å². The van der Waals surface area contributed by atoms with Gasteiger partial charge in [-0.2, -0.15) is 9.67 Å². The third-order valence-electron chi connectivity index (χ3n) is 5.18. The Bertz CT molecular complexity index is 759. The fourth-order valence-electron chi connectivity index (χ4n) is 3.36. The van der Waals surface area contributed by atoms with Gasteiger partial charge in [0, 0.05) is 19.1 Å². The Labute approximate surface area is 186 Å². The van der Waals surface area contributed by atoms with Crippen LogP contribution in [0.15, 0.2) is 24.3 Å². The molecule has 0 unspecified atom stereocenters. The summed E-state index contributed by atoms with van der Waals surface area (Å²) in [5.74, 6) is 1.16. The molecule has 7 nitrogen and oxygen atoms in total. The van der Waals surface area contributed by atoms with Crippen LogP contribution in [-0.4, -0.2) is 48.1 Å². The highest BCUT2D eigenvalue weighted by molar-refractivity contribution is 5.82. The third-order valence-corrected chi connectivity index (χ3v) is 5.18. The van der Waals surface area contributed by atoms with Gasteiger partial charge in [-0.15, -0.1) is 5.10 Å². The van der Waals surface area contributed by atoms with Crippen LogP contribution in [0, 0.1) is 0 Å². The summed E-state index contributed by atoms with van der Waals surface area (Å²) < 4.78 is 17.1. The van der Waals surface area contributed by atoms with E-state index < -0.39 is 0 Å². The zero-order valence-electron chi connectivity index (χ0n) is 19.3. The molecular formula is C24H37N3O4. The van der Waals surface area contributed by atoms with E-state index in [0.717, 1.165) is 24.2 Å². The molecule has 0 amide bonds. The Balaban J connectivity index is 1.92. The summed E-state index contributed by atoms with van der Waals surface area (Å²) in [5.41, 5.74) is 0.787. The van der Waals surface area contributed by atoms with Crippen LogP contribution in [0.4, 0.5) is 0 Å². The Kier molecular flexibility index (Phi) is 11.7. The highest BCUT2D eigenvalue weighted by Crippen LogP contribution is 2.23. The van der Waals surface area contributed by atoms with Gasteiger partial charge in [0.15, 0.2) is 5.82 Å².